The summed E-state index contributed by atoms with van der Waals surface area (Å²) in [5.74, 6) is 0.220. The fraction of sp³-hybridized carbons (Fsp3) is 0.625. The molecule has 2 aromatic carbocycles. The normalized spacial score (nSPS) is 24.8. The van der Waals surface area contributed by atoms with Crippen LogP contribution in [0.3, 0.4) is 0 Å². The number of halogens is 3. The molecule has 4 atom stereocenters. The largest absolute Gasteiger partial charge is 0.207 e. The minimum atomic E-state index is -0.665. The number of benzene rings is 2. The molecule has 4 unspecified atom stereocenters. The Morgan fingerprint density at radius 3 is 2.43 bits per heavy atom. The summed E-state index contributed by atoms with van der Waals surface area (Å²) in [5, 5.41) is 0.303. The Kier molecular flexibility index (Phi) is 9.36. The van der Waals surface area contributed by atoms with E-state index in [2.05, 4.69) is 6.92 Å². The fourth-order valence-corrected chi connectivity index (χ4v) is 6.97. The van der Waals surface area contributed by atoms with Crippen molar-refractivity contribution < 1.29 is 13.2 Å². The summed E-state index contributed by atoms with van der Waals surface area (Å²) in [4.78, 5) is 0. The van der Waals surface area contributed by atoms with E-state index in [4.69, 9.17) is 0 Å². The van der Waals surface area contributed by atoms with Crippen LogP contribution in [0.15, 0.2) is 30.4 Å². The molecule has 0 N–H and O–H groups in total. The highest BCUT2D eigenvalue weighted by Gasteiger charge is 2.37. The second-order valence-electron chi connectivity index (χ2n) is 11.3. The zero-order valence-electron chi connectivity index (χ0n) is 21.7. The molecule has 0 radical (unpaired) electrons. The van der Waals surface area contributed by atoms with E-state index >= 15 is 8.78 Å². The highest BCUT2D eigenvalue weighted by molar-refractivity contribution is 5.85. The number of unbranched alkanes of at least 4 members (excludes halogenated alkanes) is 4. The zero-order chi connectivity index (χ0) is 24.8. The van der Waals surface area contributed by atoms with Gasteiger partial charge in [0.15, 0.2) is 0 Å². The van der Waals surface area contributed by atoms with Gasteiger partial charge in [0.2, 0.25) is 0 Å². The highest BCUT2D eigenvalue weighted by atomic mass is 19.1. The summed E-state index contributed by atoms with van der Waals surface area (Å²) in [6, 6.07) is 4.55. The van der Waals surface area contributed by atoms with Gasteiger partial charge in [-0.05, 0) is 98.6 Å². The lowest BCUT2D eigenvalue weighted by Crippen LogP contribution is -2.31. The number of aryl methyl sites for hydroxylation is 1. The van der Waals surface area contributed by atoms with Crippen LogP contribution >= 0.6 is 0 Å². The average molecular weight is 485 g/mol. The summed E-state index contributed by atoms with van der Waals surface area (Å²) in [6.45, 7) is 4.20. The van der Waals surface area contributed by atoms with Gasteiger partial charge >= 0.3 is 0 Å². The van der Waals surface area contributed by atoms with E-state index in [0.717, 1.165) is 37.2 Å². The molecule has 0 spiro atoms. The monoisotopic (exact) mass is 484 g/mol. The third-order valence-electron chi connectivity index (χ3n) is 8.86. The molecule has 2 saturated carbocycles. The van der Waals surface area contributed by atoms with Gasteiger partial charge in [0.1, 0.15) is 17.5 Å². The molecular weight excluding hydrogens is 441 g/mol. The fourth-order valence-electron chi connectivity index (χ4n) is 6.97. The summed E-state index contributed by atoms with van der Waals surface area (Å²) in [5.41, 5.74) is 0.914. The van der Waals surface area contributed by atoms with Crippen molar-refractivity contribution in [2.75, 3.05) is 0 Å². The molecule has 192 valence electrons. The van der Waals surface area contributed by atoms with Gasteiger partial charge in [0.05, 0.1) is 5.39 Å². The quantitative estimate of drug-likeness (QED) is 0.232. The Balaban J connectivity index is 1.43. The van der Waals surface area contributed by atoms with E-state index in [9.17, 15) is 4.39 Å². The molecule has 2 fully saturated rings. The Labute approximate surface area is 210 Å². The second-order valence-corrected chi connectivity index (χ2v) is 11.3. The van der Waals surface area contributed by atoms with Crippen molar-refractivity contribution in [2.45, 2.75) is 110 Å². The first-order valence-corrected chi connectivity index (χ1v) is 14.2. The van der Waals surface area contributed by atoms with Crippen molar-refractivity contribution in [3.8, 4) is 0 Å². The topological polar surface area (TPSA) is 0 Å². The van der Waals surface area contributed by atoms with Crippen LogP contribution in [-0.2, 0) is 6.42 Å². The molecule has 0 bridgehead atoms. The van der Waals surface area contributed by atoms with Crippen LogP contribution in [0.1, 0.15) is 114 Å². The van der Waals surface area contributed by atoms with Gasteiger partial charge in [-0.3, -0.25) is 0 Å². The van der Waals surface area contributed by atoms with Crippen molar-refractivity contribution in [1.29, 1.82) is 0 Å². The van der Waals surface area contributed by atoms with E-state index < -0.39 is 17.5 Å². The maximum absolute atomic E-state index is 15.6. The Morgan fingerprint density at radius 2 is 1.63 bits per heavy atom. The minimum Gasteiger partial charge on any atom is -0.207 e. The van der Waals surface area contributed by atoms with E-state index in [0.29, 0.717) is 23.6 Å². The molecule has 0 saturated heterocycles. The van der Waals surface area contributed by atoms with Gasteiger partial charge in [0, 0.05) is 5.56 Å². The van der Waals surface area contributed by atoms with Gasteiger partial charge in [-0.2, -0.15) is 0 Å². The molecule has 0 amide bonds. The molecule has 2 aromatic rings. The molecule has 0 aromatic heterocycles. The van der Waals surface area contributed by atoms with Gasteiger partial charge in [-0.15, -0.1) is 0 Å². The number of rotatable bonds is 10. The predicted molar refractivity (Wildman–Crippen MR) is 141 cm³/mol. The smallest absolute Gasteiger partial charge is 0.140 e. The molecule has 0 nitrogen and oxygen atoms in total. The minimum absolute atomic E-state index is 0.0370. The lowest BCUT2D eigenvalue weighted by Gasteiger charge is -2.42. The molecular formula is C32H43F3. The van der Waals surface area contributed by atoms with Crippen LogP contribution in [0.4, 0.5) is 13.2 Å². The van der Waals surface area contributed by atoms with Crippen molar-refractivity contribution in [2.24, 2.45) is 17.8 Å². The summed E-state index contributed by atoms with van der Waals surface area (Å²) in [7, 11) is 0. The van der Waals surface area contributed by atoms with Crippen molar-refractivity contribution in [1.82, 2.24) is 0 Å². The first-order chi connectivity index (χ1) is 17.0. The third kappa shape index (κ3) is 6.33. The van der Waals surface area contributed by atoms with Gasteiger partial charge in [-0.1, -0.05) is 70.1 Å². The summed E-state index contributed by atoms with van der Waals surface area (Å²) < 4.78 is 45.9. The second kappa shape index (κ2) is 12.5. The van der Waals surface area contributed by atoms with Gasteiger partial charge in [-0.25, -0.2) is 13.2 Å². The Hall–Kier alpha value is -1.77. The molecule has 0 aliphatic heterocycles. The van der Waals surface area contributed by atoms with E-state index in [-0.39, 0.29) is 16.9 Å². The average Bonchev–Trinajstić information content (AvgIpc) is 2.83. The van der Waals surface area contributed by atoms with Gasteiger partial charge in [0.25, 0.3) is 0 Å². The van der Waals surface area contributed by atoms with Crippen LogP contribution in [0.5, 0.6) is 0 Å². The summed E-state index contributed by atoms with van der Waals surface area (Å²) >= 11 is 0. The Morgan fingerprint density at radius 1 is 0.857 bits per heavy atom. The molecule has 2 aliphatic rings. The Bertz CT molecular complexity index is 1010. The predicted octanol–water partition coefficient (Wildman–Crippen LogP) is 10.4. The highest BCUT2D eigenvalue weighted by Crippen LogP contribution is 2.49. The third-order valence-corrected chi connectivity index (χ3v) is 8.86. The van der Waals surface area contributed by atoms with Crippen LogP contribution in [0.2, 0.25) is 0 Å². The van der Waals surface area contributed by atoms with Gasteiger partial charge < -0.3 is 0 Å². The van der Waals surface area contributed by atoms with E-state index in [1.165, 1.54) is 69.9 Å². The molecule has 0 heterocycles. The van der Waals surface area contributed by atoms with Crippen molar-refractivity contribution >= 4 is 10.8 Å². The van der Waals surface area contributed by atoms with Crippen LogP contribution in [0.25, 0.3) is 10.8 Å². The number of hydrogen-bond donors (Lipinski definition) is 0. The number of allylic oxidation sites excluding steroid dienone is 2. The van der Waals surface area contributed by atoms with E-state index in [1.54, 1.807) is 6.07 Å². The molecule has 3 heteroatoms. The number of hydrogen-bond acceptors (Lipinski definition) is 0. The van der Waals surface area contributed by atoms with Crippen LogP contribution in [-0.4, -0.2) is 0 Å². The summed E-state index contributed by atoms with van der Waals surface area (Å²) in [6.07, 6.45) is 19.9. The molecule has 2 aliphatic carbocycles. The van der Waals surface area contributed by atoms with Crippen LogP contribution < -0.4 is 0 Å². The van der Waals surface area contributed by atoms with Crippen molar-refractivity contribution in [3.05, 3.63) is 58.9 Å². The SMILES string of the molecule is CC=CCCc1cc(F)c2c(F)c(C3CCC4CC(CCCCCCC)CCC4C3)c(F)cc2c1. The zero-order valence-corrected chi connectivity index (χ0v) is 21.7. The lowest BCUT2D eigenvalue weighted by atomic mass is 9.63. The first kappa shape index (κ1) is 26.3. The number of fused-ring (bicyclic) bond motifs is 2. The molecule has 35 heavy (non-hydrogen) atoms. The maximum Gasteiger partial charge on any atom is 0.140 e. The van der Waals surface area contributed by atoms with Crippen LogP contribution in [0, 0.1) is 35.2 Å². The lowest BCUT2D eigenvalue weighted by molar-refractivity contribution is 0.111. The standard InChI is InChI=1S/C32H43F3/c1-3-5-7-8-10-11-22-13-14-25-20-26(16-15-24(25)17-22)30-29(34)21-27-18-23(12-9-6-4-2)19-28(33)31(27)32(30)35/h4,6,18-19,21-22,24-26H,3,5,7-17,20H2,1-2H3. The van der Waals surface area contributed by atoms with Crippen molar-refractivity contribution in [3.63, 3.8) is 0 Å². The first-order valence-electron chi connectivity index (χ1n) is 14.2. The van der Waals surface area contributed by atoms with E-state index in [1.807, 2.05) is 19.1 Å². The maximum atomic E-state index is 15.6. The molecule has 4 rings (SSSR count).